The molecule has 104 valence electrons. The van der Waals surface area contributed by atoms with Crippen LogP contribution in [0.2, 0.25) is 0 Å². The zero-order valence-electron chi connectivity index (χ0n) is 11.0. The average Bonchev–Trinajstić information content (AvgIpc) is 2.45. The standard InChI is InChI=1S/C14H15N3O3/c1-20-11-5-2-4-10(8-11)9-16-13-7-3-6-12(15)14(13)17(18)19/h2-8,16H,9,15H2,1H3. The summed E-state index contributed by atoms with van der Waals surface area (Å²) in [5.74, 6) is 0.742. The van der Waals surface area contributed by atoms with Crippen LogP contribution in [0.3, 0.4) is 0 Å². The second-order valence-corrected chi connectivity index (χ2v) is 4.21. The van der Waals surface area contributed by atoms with Gasteiger partial charge in [-0.2, -0.15) is 0 Å². The van der Waals surface area contributed by atoms with E-state index in [1.807, 2.05) is 24.3 Å². The highest BCUT2D eigenvalue weighted by Crippen LogP contribution is 2.30. The summed E-state index contributed by atoms with van der Waals surface area (Å²) in [4.78, 5) is 10.5. The van der Waals surface area contributed by atoms with Crippen molar-refractivity contribution in [1.82, 2.24) is 0 Å². The maximum absolute atomic E-state index is 11.0. The number of methoxy groups -OCH3 is 1. The summed E-state index contributed by atoms with van der Waals surface area (Å²) in [6, 6.07) is 12.3. The van der Waals surface area contributed by atoms with Crippen molar-refractivity contribution in [2.45, 2.75) is 6.54 Å². The molecule has 2 aromatic rings. The zero-order chi connectivity index (χ0) is 14.5. The molecule has 0 amide bonds. The van der Waals surface area contributed by atoms with Crippen LogP contribution in [0.15, 0.2) is 42.5 Å². The van der Waals surface area contributed by atoms with E-state index in [0.29, 0.717) is 12.2 Å². The van der Waals surface area contributed by atoms with Gasteiger partial charge in [0, 0.05) is 6.54 Å². The number of nitro benzene ring substituents is 1. The van der Waals surface area contributed by atoms with Gasteiger partial charge >= 0.3 is 5.69 Å². The summed E-state index contributed by atoms with van der Waals surface area (Å²) in [5, 5.41) is 14.0. The molecule has 2 rings (SSSR count). The highest BCUT2D eigenvalue weighted by Gasteiger charge is 2.17. The van der Waals surface area contributed by atoms with Crippen LogP contribution in [-0.2, 0) is 6.54 Å². The number of benzene rings is 2. The van der Waals surface area contributed by atoms with Gasteiger partial charge in [-0.15, -0.1) is 0 Å². The monoisotopic (exact) mass is 273 g/mol. The van der Waals surface area contributed by atoms with E-state index < -0.39 is 4.92 Å². The SMILES string of the molecule is COc1cccc(CNc2cccc(N)c2[N+](=O)[O-])c1. The van der Waals surface area contributed by atoms with Gasteiger partial charge in [0.25, 0.3) is 0 Å². The first-order chi connectivity index (χ1) is 9.61. The van der Waals surface area contributed by atoms with Crippen LogP contribution in [0.1, 0.15) is 5.56 Å². The number of para-hydroxylation sites is 1. The Morgan fingerprint density at radius 3 is 2.75 bits per heavy atom. The first kappa shape index (κ1) is 13.7. The minimum Gasteiger partial charge on any atom is -0.497 e. The number of hydrogen-bond acceptors (Lipinski definition) is 5. The number of nitrogens with two attached hydrogens (primary N) is 1. The van der Waals surface area contributed by atoms with Crippen molar-refractivity contribution < 1.29 is 9.66 Å². The fraction of sp³-hybridized carbons (Fsp3) is 0.143. The van der Waals surface area contributed by atoms with Crippen LogP contribution in [0.25, 0.3) is 0 Å². The van der Waals surface area contributed by atoms with Crippen LogP contribution in [-0.4, -0.2) is 12.0 Å². The molecule has 6 nitrogen and oxygen atoms in total. The molecule has 0 saturated carbocycles. The van der Waals surface area contributed by atoms with Gasteiger partial charge in [0.2, 0.25) is 0 Å². The van der Waals surface area contributed by atoms with Gasteiger partial charge in [0.15, 0.2) is 0 Å². The molecular formula is C14H15N3O3. The van der Waals surface area contributed by atoms with E-state index >= 15 is 0 Å². The molecule has 0 spiro atoms. The lowest BCUT2D eigenvalue weighted by molar-refractivity contribution is -0.383. The van der Waals surface area contributed by atoms with Crippen LogP contribution < -0.4 is 15.8 Å². The van der Waals surface area contributed by atoms with Gasteiger partial charge in [-0.05, 0) is 29.8 Å². The number of nitrogen functional groups attached to an aromatic ring is 1. The van der Waals surface area contributed by atoms with E-state index in [-0.39, 0.29) is 11.4 Å². The van der Waals surface area contributed by atoms with Crippen molar-refractivity contribution in [2.24, 2.45) is 0 Å². The number of nitrogens with one attached hydrogen (secondary N) is 1. The second-order valence-electron chi connectivity index (χ2n) is 4.21. The van der Waals surface area contributed by atoms with Gasteiger partial charge in [0.1, 0.15) is 17.1 Å². The van der Waals surface area contributed by atoms with E-state index in [1.54, 1.807) is 19.2 Å². The summed E-state index contributed by atoms with van der Waals surface area (Å²) in [5.41, 5.74) is 7.04. The minimum atomic E-state index is -0.483. The molecule has 0 atom stereocenters. The molecule has 0 aliphatic heterocycles. The first-order valence-corrected chi connectivity index (χ1v) is 6.01. The summed E-state index contributed by atoms with van der Waals surface area (Å²) in [7, 11) is 1.59. The summed E-state index contributed by atoms with van der Waals surface area (Å²) in [6.07, 6.45) is 0. The van der Waals surface area contributed by atoms with Gasteiger partial charge in [-0.1, -0.05) is 18.2 Å². The third-order valence-corrected chi connectivity index (χ3v) is 2.87. The molecule has 3 N–H and O–H groups in total. The predicted octanol–water partition coefficient (Wildman–Crippen LogP) is 2.80. The Hall–Kier alpha value is -2.76. The number of ether oxygens (including phenoxy) is 1. The van der Waals surface area contributed by atoms with Crippen molar-refractivity contribution in [1.29, 1.82) is 0 Å². The Kier molecular flexibility index (Phi) is 4.05. The largest absolute Gasteiger partial charge is 0.497 e. The van der Waals surface area contributed by atoms with Gasteiger partial charge in [-0.3, -0.25) is 10.1 Å². The minimum absolute atomic E-state index is 0.101. The highest BCUT2D eigenvalue weighted by atomic mass is 16.6. The average molecular weight is 273 g/mol. The van der Waals surface area contributed by atoms with E-state index in [1.165, 1.54) is 6.07 Å². The lowest BCUT2D eigenvalue weighted by Gasteiger charge is -2.09. The summed E-state index contributed by atoms with van der Waals surface area (Å²) >= 11 is 0. The Balaban J connectivity index is 2.18. The fourth-order valence-electron chi connectivity index (χ4n) is 1.89. The Bertz CT molecular complexity index is 629. The van der Waals surface area contributed by atoms with Crippen molar-refractivity contribution in [2.75, 3.05) is 18.2 Å². The summed E-state index contributed by atoms with van der Waals surface area (Å²) in [6.45, 7) is 0.446. The van der Waals surface area contributed by atoms with Crippen LogP contribution >= 0.6 is 0 Å². The van der Waals surface area contributed by atoms with Crippen molar-refractivity contribution in [3.63, 3.8) is 0 Å². The Morgan fingerprint density at radius 1 is 1.30 bits per heavy atom. The third-order valence-electron chi connectivity index (χ3n) is 2.87. The normalized spacial score (nSPS) is 10.1. The lowest BCUT2D eigenvalue weighted by atomic mass is 10.2. The molecule has 0 aliphatic carbocycles. The molecule has 0 bridgehead atoms. The third kappa shape index (κ3) is 2.97. The molecule has 20 heavy (non-hydrogen) atoms. The van der Waals surface area contributed by atoms with E-state index in [2.05, 4.69) is 5.32 Å². The molecule has 0 heterocycles. The number of anilines is 2. The molecule has 0 aliphatic rings. The molecule has 6 heteroatoms. The second kappa shape index (κ2) is 5.92. The molecule has 0 radical (unpaired) electrons. The van der Waals surface area contributed by atoms with Crippen molar-refractivity contribution in [3.8, 4) is 5.75 Å². The topological polar surface area (TPSA) is 90.4 Å². The van der Waals surface area contributed by atoms with Gasteiger partial charge in [0.05, 0.1) is 12.0 Å². The summed E-state index contributed by atoms with van der Waals surface area (Å²) < 4.78 is 5.13. The van der Waals surface area contributed by atoms with Gasteiger partial charge < -0.3 is 15.8 Å². The van der Waals surface area contributed by atoms with Crippen LogP contribution in [0.4, 0.5) is 17.1 Å². The molecule has 0 saturated heterocycles. The smallest absolute Gasteiger partial charge is 0.314 e. The molecule has 0 fully saturated rings. The maximum Gasteiger partial charge on any atom is 0.314 e. The maximum atomic E-state index is 11.0. The highest BCUT2D eigenvalue weighted by molar-refractivity contribution is 5.74. The number of hydrogen-bond donors (Lipinski definition) is 2. The zero-order valence-corrected chi connectivity index (χ0v) is 11.0. The lowest BCUT2D eigenvalue weighted by Crippen LogP contribution is -2.04. The van der Waals surface area contributed by atoms with Crippen molar-refractivity contribution >= 4 is 17.1 Å². The number of rotatable bonds is 5. The van der Waals surface area contributed by atoms with Crippen molar-refractivity contribution in [3.05, 3.63) is 58.1 Å². The number of nitrogens with zero attached hydrogens (tertiary/aromatic N) is 1. The molecular weight excluding hydrogens is 258 g/mol. The predicted molar refractivity (Wildman–Crippen MR) is 77.8 cm³/mol. The molecule has 0 aromatic heterocycles. The van der Waals surface area contributed by atoms with Gasteiger partial charge in [-0.25, -0.2) is 0 Å². The van der Waals surface area contributed by atoms with E-state index in [9.17, 15) is 10.1 Å². The van der Waals surface area contributed by atoms with E-state index in [4.69, 9.17) is 10.5 Å². The van der Waals surface area contributed by atoms with E-state index in [0.717, 1.165) is 11.3 Å². The number of nitro groups is 1. The Labute approximate surface area is 116 Å². The molecule has 2 aromatic carbocycles. The molecule has 0 unspecified atom stereocenters. The Morgan fingerprint density at radius 2 is 2.05 bits per heavy atom. The fourth-order valence-corrected chi connectivity index (χ4v) is 1.89. The van der Waals surface area contributed by atoms with Crippen LogP contribution in [0, 0.1) is 10.1 Å². The first-order valence-electron chi connectivity index (χ1n) is 6.01. The quantitative estimate of drug-likeness (QED) is 0.496. The van der Waals surface area contributed by atoms with Crippen LogP contribution in [0.5, 0.6) is 5.75 Å².